The van der Waals surface area contributed by atoms with Crippen LogP contribution in [0.15, 0.2) is 30.6 Å². The average Bonchev–Trinajstić information content (AvgIpc) is 3.57. The summed E-state index contributed by atoms with van der Waals surface area (Å²) in [7, 11) is 0. The van der Waals surface area contributed by atoms with E-state index >= 15 is 0 Å². The van der Waals surface area contributed by atoms with Crippen LogP contribution in [-0.2, 0) is 0 Å². The zero-order valence-corrected chi connectivity index (χ0v) is 20.2. The van der Waals surface area contributed by atoms with E-state index in [-0.39, 0.29) is 5.91 Å². The molecule has 3 aromatic heterocycles. The molecule has 0 spiro atoms. The minimum absolute atomic E-state index is 0.134. The lowest BCUT2D eigenvalue weighted by Crippen LogP contribution is -2.43. The summed E-state index contributed by atoms with van der Waals surface area (Å²) >= 11 is 0. The Morgan fingerprint density at radius 3 is 2.49 bits per heavy atom. The molecule has 0 atom stereocenters. The quantitative estimate of drug-likeness (QED) is 0.582. The molecule has 3 aliphatic rings. The largest absolute Gasteiger partial charge is 0.368 e. The van der Waals surface area contributed by atoms with Gasteiger partial charge < -0.3 is 25.0 Å². The average molecular weight is 475 g/mol. The second-order valence-electron chi connectivity index (χ2n) is 9.93. The van der Waals surface area contributed by atoms with Crippen LogP contribution in [0.25, 0.3) is 11.0 Å². The molecule has 6 rings (SSSR count). The molecule has 0 unspecified atom stereocenters. The van der Waals surface area contributed by atoms with Gasteiger partial charge in [0.15, 0.2) is 0 Å². The van der Waals surface area contributed by atoms with Gasteiger partial charge in [-0.05, 0) is 50.3 Å². The summed E-state index contributed by atoms with van der Waals surface area (Å²) in [6.45, 7) is 5.67. The summed E-state index contributed by atoms with van der Waals surface area (Å²) < 4.78 is 2.20. The summed E-state index contributed by atoms with van der Waals surface area (Å²) in [6, 6.07) is 6.38. The minimum atomic E-state index is 0.134. The van der Waals surface area contributed by atoms with E-state index in [2.05, 4.69) is 36.1 Å². The van der Waals surface area contributed by atoms with Gasteiger partial charge in [0.1, 0.15) is 17.2 Å². The van der Waals surface area contributed by atoms with Crippen molar-refractivity contribution >= 4 is 34.4 Å². The summed E-state index contributed by atoms with van der Waals surface area (Å²) in [6.07, 6.45) is 11.7. The number of rotatable bonds is 5. The molecule has 0 bridgehead atoms. The molecule has 2 N–H and O–H groups in total. The van der Waals surface area contributed by atoms with Crippen molar-refractivity contribution in [2.45, 2.75) is 51.0 Å². The molecule has 1 amide bonds. The number of hydrogen-bond donors (Lipinski definition) is 2. The van der Waals surface area contributed by atoms with Crippen molar-refractivity contribution in [3.8, 4) is 0 Å². The number of nitrogens with zero attached hydrogens (tertiary/aromatic N) is 6. The number of piperazine rings is 1. The predicted octanol–water partition coefficient (Wildman–Crippen LogP) is 3.72. The second kappa shape index (κ2) is 9.81. The Hall–Kier alpha value is -3.20. The number of pyridine rings is 1. The summed E-state index contributed by atoms with van der Waals surface area (Å²) in [5.74, 6) is 1.36. The van der Waals surface area contributed by atoms with Gasteiger partial charge in [0.2, 0.25) is 5.95 Å². The number of piperidine rings is 1. The Bertz CT molecular complexity index is 1170. The fourth-order valence-corrected chi connectivity index (χ4v) is 5.71. The molecule has 0 aromatic carbocycles. The van der Waals surface area contributed by atoms with Crippen LogP contribution in [0.1, 0.15) is 61.5 Å². The van der Waals surface area contributed by atoms with Crippen LogP contribution in [0.2, 0.25) is 0 Å². The van der Waals surface area contributed by atoms with Crippen LogP contribution in [0.3, 0.4) is 0 Å². The van der Waals surface area contributed by atoms with Crippen molar-refractivity contribution in [2.75, 3.05) is 49.5 Å². The van der Waals surface area contributed by atoms with Crippen LogP contribution < -0.4 is 15.5 Å². The highest BCUT2D eigenvalue weighted by Gasteiger charge is 2.28. The molecule has 2 aliphatic heterocycles. The highest BCUT2D eigenvalue weighted by atomic mass is 16.2. The number of anilines is 3. The van der Waals surface area contributed by atoms with Crippen LogP contribution in [0.4, 0.5) is 17.5 Å². The van der Waals surface area contributed by atoms with E-state index in [1.54, 1.807) is 0 Å². The Balaban J connectivity index is 1.28. The number of amides is 1. The summed E-state index contributed by atoms with van der Waals surface area (Å²) in [5.41, 5.74) is 2.73. The van der Waals surface area contributed by atoms with Crippen molar-refractivity contribution in [1.82, 2.24) is 29.7 Å². The lowest BCUT2D eigenvalue weighted by atomic mass is 10.1. The van der Waals surface area contributed by atoms with Gasteiger partial charge in [-0.1, -0.05) is 12.8 Å². The maximum absolute atomic E-state index is 13.5. The molecule has 5 heterocycles. The summed E-state index contributed by atoms with van der Waals surface area (Å²) in [4.78, 5) is 31.9. The van der Waals surface area contributed by atoms with Gasteiger partial charge in [0.25, 0.3) is 5.91 Å². The SMILES string of the molecule is O=C(c1cc2cnc(Nc3ccc(N4CCNCC4)cn3)nc2n1C1CCCC1)N1CCCCC1. The number of carbonyl (C=O) groups is 1. The van der Waals surface area contributed by atoms with Gasteiger partial charge >= 0.3 is 0 Å². The highest BCUT2D eigenvalue weighted by molar-refractivity contribution is 5.98. The Labute approximate surface area is 205 Å². The fraction of sp³-hybridized carbons (Fsp3) is 0.538. The van der Waals surface area contributed by atoms with Crippen molar-refractivity contribution in [1.29, 1.82) is 0 Å². The van der Waals surface area contributed by atoms with Crippen LogP contribution in [0.5, 0.6) is 0 Å². The van der Waals surface area contributed by atoms with Gasteiger partial charge in [-0.25, -0.2) is 9.97 Å². The van der Waals surface area contributed by atoms with E-state index in [0.29, 0.717) is 17.8 Å². The molecular formula is C26H34N8O. The van der Waals surface area contributed by atoms with Crippen LogP contribution in [-0.4, -0.2) is 69.6 Å². The third kappa shape index (κ3) is 4.57. The van der Waals surface area contributed by atoms with E-state index in [0.717, 1.165) is 87.4 Å². The molecule has 184 valence electrons. The van der Waals surface area contributed by atoms with Gasteiger partial charge in [-0.3, -0.25) is 4.79 Å². The normalized spacial score (nSPS) is 19.4. The standard InChI is InChI=1S/C26H34N8O/c35-25(33-12-4-1-5-13-33)22-16-19-17-29-26(31-24(19)34(22)20-6-2-3-7-20)30-23-9-8-21(18-28-23)32-14-10-27-11-15-32/h8-9,16-18,20,27H,1-7,10-15H2,(H,28,29,30,31). The molecule has 9 heteroatoms. The molecule has 3 aromatic rings. The van der Waals surface area contributed by atoms with E-state index in [9.17, 15) is 4.79 Å². The number of nitrogens with one attached hydrogen (secondary N) is 2. The lowest BCUT2D eigenvalue weighted by molar-refractivity contribution is 0.0711. The first-order chi connectivity index (χ1) is 17.3. The second-order valence-corrected chi connectivity index (χ2v) is 9.93. The highest BCUT2D eigenvalue weighted by Crippen LogP contribution is 2.35. The molecule has 3 fully saturated rings. The van der Waals surface area contributed by atoms with Crippen LogP contribution in [0, 0.1) is 0 Å². The van der Waals surface area contributed by atoms with E-state index in [4.69, 9.17) is 4.98 Å². The zero-order chi connectivity index (χ0) is 23.6. The summed E-state index contributed by atoms with van der Waals surface area (Å²) in [5, 5.41) is 7.57. The van der Waals surface area contributed by atoms with Crippen molar-refractivity contribution < 1.29 is 4.79 Å². The molecule has 2 saturated heterocycles. The van der Waals surface area contributed by atoms with Crippen molar-refractivity contribution in [3.05, 3.63) is 36.3 Å². The van der Waals surface area contributed by atoms with Gasteiger partial charge in [-0.15, -0.1) is 0 Å². The van der Waals surface area contributed by atoms with Crippen LogP contribution >= 0.6 is 0 Å². The maximum Gasteiger partial charge on any atom is 0.270 e. The smallest absolute Gasteiger partial charge is 0.270 e. The Morgan fingerprint density at radius 2 is 1.74 bits per heavy atom. The molecule has 9 nitrogen and oxygen atoms in total. The topological polar surface area (TPSA) is 91.2 Å². The van der Waals surface area contributed by atoms with E-state index in [1.807, 2.05) is 29.4 Å². The number of aromatic nitrogens is 4. The van der Waals surface area contributed by atoms with Crippen molar-refractivity contribution in [3.63, 3.8) is 0 Å². The third-order valence-electron chi connectivity index (χ3n) is 7.60. The Kier molecular flexibility index (Phi) is 6.24. The number of carbonyl (C=O) groups excluding carboxylic acids is 1. The number of hydrogen-bond acceptors (Lipinski definition) is 7. The molecule has 0 radical (unpaired) electrons. The maximum atomic E-state index is 13.5. The molecule has 1 aliphatic carbocycles. The molecule has 35 heavy (non-hydrogen) atoms. The first-order valence-electron chi connectivity index (χ1n) is 13.1. The van der Waals surface area contributed by atoms with E-state index in [1.165, 1.54) is 19.3 Å². The monoisotopic (exact) mass is 474 g/mol. The minimum Gasteiger partial charge on any atom is -0.368 e. The lowest BCUT2D eigenvalue weighted by Gasteiger charge is -2.29. The first-order valence-corrected chi connectivity index (χ1v) is 13.1. The van der Waals surface area contributed by atoms with E-state index < -0.39 is 0 Å². The number of fused-ring (bicyclic) bond motifs is 1. The van der Waals surface area contributed by atoms with Gasteiger partial charge in [0.05, 0.1) is 11.9 Å². The fourth-order valence-electron chi connectivity index (χ4n) is 5.71. The zero-order valence-electron chi connectivity index (χ0n) is 20.2. The predicted molar refractivity (Wildman–Crippen MR) is 137 cm³/mol. The molecule has 1 saturated carbocycles. The Morgan fingerprint density at radius 1 is 0.943 bits per heavy atom. The van der Waals surface area contributed by atoms with Gasteiger partial charge in [-0.2, -0.15) is 4.98 Å². The first kappa shape index (κ1) is 22.3. The number of likely N-dealkylation sites (tertiary alicyclic amines) is 1. The third-order valence-corrected chi connectivity index (χ3v) is 7.60. The van der Waals surface area contributed by atoms with Crippen molar-refractivity contribution in [2.24, 2.45) is 0 Å². The molecular weight excluding hydrogens is 440 g/mol. The van der Waals surface area contributed by atoms with Gasteiger partial charge in [0, 0.05) is 56.9 Å².